The number of benzene rings is 9. The number of Topliss-reactive ketones (excluding diaryl/α,β-unsaturated/α-hetero) is 3. The minimum Gasteiger partial charge on any atom is -0.506 e. The summed E-state index contributed by atoms with van der Waals surface area (Å²) in [6, 6.07) is 75.4. The van der Waals surface area contributed by atoms with Gasteiger partial charge in [0.05, 0.1) is 5.39 Å². The third-order valence-corrected chi connectivity index (χ3v) is 18.5. The van der Waals surface area contributed by atoms with Gasteiger partial charge in [-0.05, 0) is 74.5 Å². The SMILES string of the molecule is CC(=O)c1ccc(N(c2ccc(C(C)=O)cc2)c2ccc3c(O)c(C(=O)C(F)(F)F)c(=O)oc3c2)cc1.O=P(c1ccccc1)(c1ccccc1)c1ccccc1.O=P(c1ccccc1)(c1ccccc1)c1ccccc1.[Eu]. The van der Waals surface area contributed by atoms with E-state index in [0.717, 1.165) is 31.8 Å². The van der Waals surface area contributed by atoms with Crippen LogP contribution in [0.4, 0.5) is 30.2 Å². The summed E-state index contributed by atoms with van der Waals surface area (Å²) in [6.07, 6.45) is -5.38. The van der Waals surface area contributed by atoms with Gasteiger partial charge in [-0.2, -0.15) is 13.2 Å². The summed E-state index contributed by atoms with van der Waals surface area (Å²) in [5, 5.41) is 15.3. The number of anilines is 3. The number of rotatable bonds is 12. The van der Waals surface area contributed by atoms with Crippen molar-refractivity contribution >= 4 is 91.5 Å². The summed E-state index contributed by atoms with van der Waals surface area (Å²) in [6.45, 7) is 2.84. The Bertz CT molecular complexity index is 3440. The van der Waals surface area contributed by atoms with E-state index in [4.69, 9.17) is 4.42 Å². The molecule has 78 heavy (non-hydrogen) atoms. The number of aromatic hydroxyl groups is 1. The molecule has 1 heterocycles. The Morgan fingerprint density at radius 1 is 0.449 bits per heavy atom. The Morgan fingerprint density at radius 3 is 1.00 bits per heavy atom. The number of nitrogens with zero attached hydrogens (tertiary/aromatic N) is 1. The van der Waals surface area contributed by atoms with Crippen LogP contribution in [0.25, 0.3) is 11.0 Å². The van der Waals surface area contributed by atoms with E-state index in [0.29, 0.717) is 28.2 Å². The summed E-state index contributed by atoms with van der Waals surface area (Å²) >= 11 is 0. The van der Waals surface area contributed by atoms with Crippen molar-refractivity contribution in [2.75, 3.05) is 4.90 Å². The molecule has 0 unspecified atom stereocenters. The molecule has 9 aromatic carbocycles. The second-order valence-electron chi connectivity index (χ2n) is 17.4. The predicted molar refractivity (Wildman–Crippen MR) is 301 cm³/mol. The van der Waals surface area contributed by atoms with Gasteiger partial charge in [-0.1, -0.05) is 182 Å². The molecule has 10 aromatic rings. The van der Waals surface area contributed by atoms with Gasteiger partial charge < -0.3 is 23.6 Å². The van der Waals surface area contributed by atoms with Crippen molar-refractivity contribution in [2.45, 2.75) is 20.0 Å². The van der Waals surface area contributed by atoms with Gasteiger partial charge in [-0.15, -0.1) is 0 Å². The van der Waals surface area contributed by atoms with Gasteiger partial charge in [0, 0.05) is 115 Å². The second-order valence-corrected chi connectivity index (χ2v) is 22.9. The normalized spacial score (nSPS) is 11.1. The molecule has 0 saturated heterocycles. The Hall–Kier alpha value is -7.37. The topological polar surface area (TPSA) is 139 Å². The van der Waals surface area contributed by atoms with Crippen molar-refractivity contribution in [2.24, 2.45) is 0 Å². The molecule has 1 radical (unpaired) electrons. The van der Waals surface area contributed by atoms with E-state index >= 15 is 0 Å². The maximum absolute atomic E-state index is 13.8. The monoisotopic (exact) mass is 1220 g/mol. The first-order valence-electron chi connectivity index (χ1n) is 24.0. The van der Waals surface area contributed by atoms with E-state index in [-0.39, 0.29) is 71.9 Å². The Morgan fingerprint density at radius 2 is 0.731 bits per heavy atom. The van der Waals surface area contributed by atoms with Crippen LogP contribution < -0.4 is 42.4 Å². The van der Waals surface area contributed by atoms with Crippen LogP contribution in [0.15, 0.2) is 258 Å². The zero-order valence-electron chi connectivity index (χ0n) is 41.8. The minimum absolute atomic E-state index is 0. The van der Waals surface area contributed by atoms with Crippen LogP contribution in [0.1, 0.15) is 44.9 Å². The van der Waals surface area contributed by atoms with Gasteiger partial charge in [0.1, 0.15) is 11.3 Å². The van der Waals surface area contributed by atoms with Crippen molar-refractivity contribution in [1.82, 2.24) is 0 Å². The molecule has 10 rings (SSSR count). The standard InChI is InChI=1S/C27H18F3NO6.2C18H15OP.Eu/c1-14(32)16-3-7-18(8-4-16)31(19-9-5-17(6-10-19)15(2)33)20-11-12-21-22(13-20)37-26(36)23(24(21)34)25(35)27(28,29)30;2*19-20(16-10-4-1-5-11-16,17-12-6-2-7-13-17)18-14-8-3-9-15-18;/h3-13,34H,1-2H3;2*1-15H;. The van der Waals surface area contributed by atoms with E-state index in [1.807, 2.05) is 182 Å². The zero-order chi connectivity index (χ0) is 54.7. The van der Waals surface area contributed by atoms with Crippen LogP contribution in [0.5, 0.6) is 5.75 Å². The average Bonchev–Trinajstić information content (AvgIpc) is 3.50. The van der Waals surface area contributed by atoms with Crippen molar-refractivity contribution in [3.8, 4) is 5.75 Å². The quantitative estimate of drug-likeness (QED) is 0.0719. The third-order valence-electron chi connectivity index (χ3n) is 12.4. The van der Waals surface area contributed by atoms with Crippen molar-refractivity contribution in [3.63, 3.8) is 0 Å². The molecule has 0 fully saturated rings. The van der Waals surface area contributed by atoms with Gasteiger partial charge in [-0.25, -0.2) is 4.79 Å². The van der Waals surface area contributed by atoms with Crippen LogP contribution in [0, 0.1) is 49.4 Å². The van der Waals surface area contributed by atoms with Crippen molar-refractivity contribution in [1.29, 1.82) is 0 Å². The maximum Gasteiger partial charge on any atom is 0.455 e. The first-order chi connectivity index (χ1) is 37.0. The summed E-state index contributed by atoms with van der Waals surface area (Å²) in [5.74, 6) is -3.93. The second kappa shape index (κ2) is 25.9. The van der Waals surface area contributed by atoms with Crippen LogP contribution >= 0.6 is 14.3 Å². The van der Waals surface area contributed by atoms with E-state index in [9.17, 15) is 46.6 Å². The molecular formula is C63H48EuF3NO8P2. The number of ketones is 3. The number of hydrogen-bond acceptors (Lipinski definition) is 9. The fourth-order valence-electron chi connectivity index (χ4n) is 8.51. The molecule has 0 aliphatic carbocycles. The van der Waals surface area contributed by atoms with Gasteiger partial charge in [-0.3, -0.25) is 14.4 Å². The van der Waals surface area contributed by atoms with E-state index in [1.165, 1.54) is 32.0 Å². The smallest absolute Gasteiger partial charge is 0.455 e. The molecule has 0 spiro atoms. The molecule has 1 N–H and O–H groups in total. The fraction of sp³-hybridized carbons (Fsp3) is 0.0476. The van der Waals surface area contributed by atoms with Gasteiger partial charge in [0.2, 0.25) is 0 Å². The number of halogens is 3. The molecule has 1 aromatic heterocycles. The molecule has 0 bridgehead atoms. The number of alkyl halides is 3. The Labute approximate surface area is 489 Å². The summed E-state index contributed by atoms with van der Waals surface area (Å²) in [5.41, 5.74) is -0.956. The average molecular weight is 1220 g/mol. The first kappa shape index (κ1) is 58.3. The summed E-state index contributed by atoms with van der Waals surface area (Å²) in [4.78, 5) is 49.0. The molecular weight excluding hydrogens is 1170 g/mol. The molecule has 0 saturated carbocycles. The van der Waals surface area contributed by atoms with E-state index < -0.39 is 43.2 Å². The Balaban J connectivity index is 0.000000182. The van der Waals surface area contributed by atoms with Crippen LogP contribution in [0.2, 0.25) is 0 Å². The molecule has 0 aliphatic heterocycles. The molecule has 391 valence electrons. The zero-order valence-corrected chi connectivity index (χ0v) is 46.0. The van der Waals surface area contributed by atoms with E-state index in [1.54, 1.807) is 53.4 Å². The maximum atomic E-state index is 13.8. The number of carbonyl (C=O) groups excluding carboxylic acids is 3. The number of hydrogen-bond donors (Lipinski definition) is 1. The van der Waals surface area contributed by atoms with Gasteiger partial charge in [0.15, 0.2) is 31.4 Å². The first-order valence-corrected chi connectivity index (χ1v) is 27.4. The van der Waals surface area contributed by atoms with Crippen LogP contribution in [0.3, 0.4) is 0 Å². The molecule has 9 nitrogen and oxygen atoms in total. The number of carbonyl (C=O) groups is 3. The molecule has 0 amide bonds. The summed E-state index contributed by atoms with van der Waals surface area (Å²) < 4.78 is 71.4. The predicted octanol–water partition coefficient (Wildman–Crippen LogP) is 12.8. The fourth-order valence-corrected chi connectivity index (χ4v) is 13.9. The largest absolute Gasteiger partial charge is 0.506 e. The minimum atomic E-state index is -5.38. The van der Waals surface area contributed by atoms with Crippen molar-refractivity contribution < 1.29 is 95.6 Å². The van der Waals surface area contributed by atoms with E-state index in [2.05, 4.69) is 0 Å². The number of fused-ring (bicyclic) bond motifs is 1. The van der Waals surface area contributed by atoms with Gasteiger partial charge in [0.25, 0.3) is 5.78 Å². The van der Waals surface area contributed by atoms with Gasteiger partial charge >= 0.3 is 11.8 Å². The third kappa shape index (κ3) is 13.0. The van der Waals surface area contributed by atoms with Crippen LogP contribution in [-0.2, 0) is 9.13 Å². The van der Waals surface area contributed by atoms with Crippen molar-refractivity contribution in [3.05, 3.63) is 276 Å². The summed E-state index contributed by atoms with van der Waals surface area (Å²) in [7, 11) is -5.55. The Kier molecular flexibility index (Phi) is 19.3. The van der Waals surface area contributed by atoms with Crippen LogP contribution in [-0.4, -0.2) is 28.6 Å². The molecule has 0 atom stereocenters. The molecule has 15 heteroatoms. The molecule has 0 aliphatic rings.